The number of carbonyl (C=O) groups excluding carboxylic acids is 1. The van der Waals surface area contributed by atoms with Crippen LogP contribution in [0.4, 0.5) is 17.6 Å². The van der Waals surface area contributed by atoms with Gasteiger partial charge in [0.25, 0.3) is 0 Å². The van der Waals surface area contributed by atoms with Gasteiger partial charge in [0.1, 0.15) is 11.4 Å². The van der Waals surface area contributed by atoms with Crippen molar-refractivity contribution in [3.05, 3.63) is 35.1 Å². The van der Waals surface area contributed by atoms with Crippen LogP contribution in [0.5, 0.6) is 0 Å². The maximum absolute atomic E-state index is 13.2. The van der Waals surface area contributed by atoms with Crippen molar-refractivity contribution in [3.63, 3.8) is 0 Å². The molecule has 1 aliphatic rings. The number of alkyl halides is 3. The molecule has 0 amide bonds. The topological polar surface area (TPSA) is 37.3 Å². The molecular weight excluding hydrogens is 288 g/mol. The van der Waals surface area contributed by atoms with Crippen molar-refractivity contribution in [1.29, 1.82) is 0 Å². The maximum Gasteiger partial charge on any atom is 0.419 e. The van der Waals surface area contributed by atoms with Crippen molar-refractivity contribution in [1.82, 2.24) is 0 Å². The summed E-state index contributed by atoms with van der Waals surface area (Å²) in [6.07, 6.45) is -1.35. The van der Waals surface area contributed by atoms with Gasteiger partial charge >= 0.3 is 6.18 Å². The molecule has 2 nitrogen and oxygen atoms in total. The van der Waals surface area contributed by atoms with Gasteiger partial charge in [-0.2, -0.15) is 13.2 Å². The number of carbonyl (C=O) groups is 1. The van der Waals surface area contributed by atoms with E-state index in [-0.39, 0.29) is 18.4 Å². The Morgan fingerprint density at radius 2 is 1.67 bits per heavy atom. The molecule has 1 N–H and O–H groups in total. The summed E-state index contributed by atoms with van der Waals surface area (Å²) in [6, 6.07) is 2.10. The predicted octanol–water partition coefficient (Wildman–Crippen LogP) is 4.11. The van der Waals surface area contributed by atoms with Gasteiger partial charge in [0.15, 0.2) is 5.78 Å². The molecule has 0 radical (unpaired) electrons. The summed E-state index contributed by atoms with van der Waals surface area (Å²) in [5, 5.41) is 10.4. The van der Waals surface area contributed by atoms with Crippen LogP contribution in [0.25, 0.3) is 0 Å². The molecule has 116 valence electrons. The first-order valence-corrected chi connectivity index (χ1v) is 6.88. The van der Waals surface area contributed by atoms with E-state index >= 15 is 0 Å². The Labute approximate surface area is 119 Å². The predicted molar refractivity (Wildman–Crippen MR) is 68.4 cm³/mol. The molecule has 1 aromatic carbocycles. The van der Waals surface area contributed by atoms with Crippen LogP contribution < -0.4 is 0 Å². The monoisotopic (exact) mass is 304 g/mol. The highest BCUT2D eigenvalue weighted by Gasteiger charge is 2.39. The summed E-state index contributed by atoms with van der Waals surface area (Å²) in [7, 11) is 0. The van der Waals surface area contributed by atoms with E-state index in [2.05, 4.69) is 0 Å². The van der Waals surface area contributed by atoms with Gasteiger partial charge in [0.2, 0.25) is 0 Å². The zero-order valence-electron chi connectivity index (χ0n) is 11.3. The summed E-state index contributed by atoms with van der Waals surface area (Å²) < 4.78 is 51.3. The van der Waals surface area contributed by atoms with Gasteiger partial charge in [-0.15, -0.1) is 0 Å². The van der Waals surface area contributed by atoms with E-state index in [1.807, 2.05) is 0 Å². The Kier molecular flexibility index (Phi) is 4.37. The third kappa shape index (κ3) is 3.43. The number of benzene rings is 1. The van der Waals surface area contributed by atoms with Crippen LogP contribution in [0, 0.1) is 5.82 Å². The molecule has 0 heterocycles. The van der Waals surface area contributed by atoms with Gasteiger partial charge in [-0.05, 0) is 31.0 Å². The van der Waals surface area contributed by atoms with Crippen LogP contribution in [-0.2, 0) is 6.18 Å². The van der Waals surface area contributed by atoms with Gasteiger partial charge < -0.3 is 5.11 Å². The van der Waals surface area contributed by atoms with Crippen LogP contribution in [0.1, 0.15) is 54.4 Å². The first-order valence-electron chi connectivity index (χ1n) is 6.88. The molecule has 1 aromatic rings. The second-order valence-electron chi connectivity index (χ2n) is 5.47. The average molecular weight is 304 g/mol. The summed E-state index contributed by atoms with van der Waals surface area (Å²) in [5.74, 6) is -2.18. The molecule has 0 atom stereocenters. The molecular formula is C15H16F4O2. The fraction of sp³-hybridized carbons (Fsp3) is 0.533. The van der Waals surface area contributed by atoms with Crippen molar-refractivity contribution in [3.8, 4) is 0 Å². The second kappa shape index (κ2) is 5.75. The van der Waals surface area contributed by atoms with Crippen molar-refractivity contribution >= 4 is 5.78 Å². The third-order valence-corrected chi connectivity index (χ3v) is 3.89. The number of Topliss-reactive ketones (excluding diaryl/α,β-unsaturated/α-hetero) is 1. The number of aliphatic hydroxyl groups is 1. The largest absolute Gasteiger partial charge is 0.419 e. The van der Waals surface area contributed by atoms with Crippen LogP contribution in [0.2, 0.25) is 0 Å². The number of halogens is 4. The van der Waals surface area contributed by atoms with E-state index in [9.17, 15) is 27.5 Å². The minimum atomic E-state index is -4.87. The highest BCUT2D eigenvalue weighted by Crippen LogP contribution is 2.34. The smallest absolute Gasteiger partial charge is 0.382 e. The molecule has 0 spiro atoms. The van der Waals surface area contributed by atoms with Crippen LogP contribution in [-0.4, -0.2) is 16.5 Å². The molecule has 0 unspecified atom stereocenters. The summed E-state index contributed by atoms with van der Waals surface area (Å²) >= 11 is 0. The fourth-order valence-corrected chi connectivity index (χ4v) is 2.69. The van der Waals surface area contributed by atoms with Crippen LogP contribution >= 0.6 is 0 Å². The zero-order valence-corrected chi connectivity index (χ0v) is 11.3. The SMILES string of the molecule is O=C(c1ccc(F)c(C(F)(F)F)c1)C1(O)CCCCCC1. The molecule has 0 saturated heterocycles. The van der Waals surface area contributed by atoms with E-state index in [0.29, 0.717) is 25.0 Å². The summed E-state index contributed by atoms with van der Waals surface area (Å²) in [4.78, 5) is 12.3. The quantitative estimate of drug-likeness (QED) is 0.507. The van der Waals surface area contributed by atoms with Crippen molar-refractivity contribution in [2.75, 3.05) is 0 Å². The lowest BCUT2D eigenvalue weighted by Crippen LogP contribution is -2.38. The van der Waals surface area contributed by atoms with E-state index in [0.717, 1.165) is 18.9 Å². The molecule has 0 aliphatic heterocycles. The molecule has 0 bridgehead atoms. The minimum Gasteiger partial charge on any atom is -0.382 e. The lowest BCUT2D eigenvalue weighted by Gasteiger charge is -2.25. The highest BCUT2D eigenvalue weighted by molar-refractivity contribution is 6.02. The number of hydrogen-bond acceptors (Lipinski definition) is 2. The van der Waals surface area contributed by atoms with Gasteiger partial charge in [-0.3, -0.25) is 4.79 Å². The van der Waals surface area contributed by atoms with E-state index in [1.165, 1.54) is 0 Å². The lowest BCUT2D eigenvalue weighted by atomic mass is 9.85. The van der Waals surface area contributed by atoms with Gasteiger partial charge in [-0.1, -0.05) is 25.7 Å². The molecule has 1 fully saturated rings. The Hall–Kier alpha value is -1.43. The van der Waals surface area contributed by atoms with E-state index in [1.54, 1.807) is 0 Å². The molecule has 2 rings (SSSR count). The standard InChI is InChI=1S/C15H16F4O2/c16-12-6-5-10(9-11(12)15(17,18)19)13(20)14(21)7-3-1-2-4-8-14/h5-6,9,21H,1-4,7-8H2. The number of ketones is 1. The first-order chi connectivity index (χ1) is 9.74. The second-order valence-corrected chi connectivity index (χ2v) is 5.47. The Morgan fingerprint density at radius 1 is 1.10 bits per heavy atom. The summed E-state index contributed by atoms with van der Waals surface area (Å²) in [5.41, 5.74) is -3.42. The molecule has 0 aromatic heterocycles. The highest BCUT2D eigenvalue weighted by atomic mass is 19.4. The zero-order chi connectivity index (χ0) is 15.7. The van der Waals surface area contributed by atoms with Crippen LogP contribution in [0.15, 0.2) is 18.2 Å². The van der Waals surface area contributed by atoms with E-state index < -0.39 is 28.9 Å². The lowest BCUT2D eigenvalue weighted by molar-refractivity contribution is -0.140. The normalized spacial score (nSPS) is 19.1. The van der Waals surface area contributed by atoms with Crippen LogP contribution in [0.3, 0.4) is 0 Å². The Bertz CT molecular complexity index is 529. The number of hydrogen-bond donors (Lipinski definition) is 1. The molecule has 21 heavy (non-hydrogen) atoms. The maximum atomic E-state index is 13.2. The first kappa shape index (κ1) is 15.9. The fourth-order valence-electron chi connectivity index (χ4n) is 2.69. The van der Waals surface area contributed by atoms with Crippen molar-refractivity contribution in [2.45, 2.75) is 50.3 Å². The van der Waals surface area contributed by atoms with Gasteiger partial charge in [0, 0.05) is 5.56 Å². The minimum absolute atomic E-state index is 0.227. The van der Waals surface area contributed by atoms with E-state index in [4.69, 9.17) is 0 Å². The molecule has 1 aliphatic carbocycles. The average Bonchev–Trinajstić information content (AvgIpc) is 2.63. The van der Waals surface area contributed by atoms with Crippen molar-refractivity contribution in [2.24, 2.45) is 0 Å². The summed E-state index contributed by atoms with van der Waals surface area (Å²) in [6.45, 7) is 0. The van der Waals surface area contributed by atoms with Gasteiger partial charge in [-0.25, -0.2) is 4.39 Å². The Balaban J connectivity index is 2.35. The molecule has 6 heteroatoms. The Morgan fingerprint density at radius 3 is 2.19 bits per heavy atom. The van der Waals surface area contributed by atoms with Gasteiger partial charge in [0.05, 0.1) is 5.56 Å². The number of rotatable bonds is 2. The third-order valence-electron chi connectivity index (χ3n) is 3.89. The van der Waals surface area contributed by atoms with Crippen molar-refractivity contribution < 1.29 is 27.5 Å². The molecule has 1 saturated carbocycles.